The molecule has 0 aliphatic carbocycles. The Morgan fingerprint density at radius 1 is 1.53 bits per heavy atom. The van der Waals surface area contributed by atoms with E-state index in [0.717, 1.165) is 0 Å². The van der Waals surface area contributed by atoms with Gasteiger partial charge in [-0.2, -0.15) is 0 Å². The highest BCUT2D eigenvalue weighted by Crippen LogP contribution is 2.20. The number of amides is 1. The standard InChI is InChI=1S/C11H14ClN3O3S/c12-10-6-14-4-3-9(10)11(16)15-5-1-2-8(7-15)19(13,17)18/h3-4,6,8H,1-2,5,7H2,(H2,13,17,18). The lowest BCUT2D eigenvalue weighted by atomic mass is 10.1. The topological polar surface area (TPSA) is 93.4 Å². The second-order valence-corrected chi connectivity index (χ2v) is 6.71. The first-order valence-electron chi connectivity index (χ1n) is 5.80. The van der Waals surface area contributed by atoms with Crippen molar-refractivity contribution in [1.29, 1.82) is 0 Å². The number of rotatable bonds is 2. The number of nitrogens with zero attached hydrogens (tertiary/aromatic N) is 2. The van der Waals surface area contributed by atoms with Crippen LogP contribution in [0.3, 0.4) is 0 Å². The summed E-state index contributed by atoms with van der Waals surface area (Å²) >= 11 is 5.91. The van der Waals surface area contributed by atoms with Crippen molar-refractivity contribution < 1.29 is 13.2 Å². The van der Waals surface area contributed by atoms with Gasteiger partial charge in [-0.3, -0.25) is 9.78 Å². The van der Waals surface area contributed by atoms with Crippen LogP contribution in [0, 0.1) is 0 Å². The Morgan fingerprint density at radius 2 is 2.26 bits per heavy atom. The summed E-state index contributed by atoms with van der Waals surface area (Å²) in [6, 6.07) is 1.52. The van der Waals surface area contributed by atoms with Gasteiger partial charge in [0, 0.05) is 25.5 Å². The minimum Gasteiger partial charge on any atom is -0.337 e. The molecular formula is C11H14ClN3O3S. The van der Waals surface area contributed by atoms with Crippen LogP contribution in [0.4, 0.5) is 0 Å². The number of carbonyl (C=O) groups excluding carboxylic acids is 1. The highest BCUT2D eigenvalue weighted by Gasteiger charge is 2.31. The van der Waals surface area contributed by atoms with Gasteiger partial charge >= 0.3 is 0 Å². The summed E-state index contributed by atoms with van der Waals surface area (Å²) in [5, 5.41) is 4.69. The monoisotopic (exact) mass is 303 g/mol. The van der Waals surface area contributed by atoms with Gasteiger partial charge in [-0.1, -0.05) is 11.6 Å². The lowest BCUT2D eigenvalue weighted by Gasteiger charge is -2.31. The van der Waals surface area contributed by atoms with E-state index >= 15 is 0 Å². The van der Waals surface area contributed by atoms with E-state index < -0.39 is 15.3 Å². The predicted molar refractivity (Wildman–Crippen MR) is 71.3 cm³/mol. The average Bonchev–Trinajstić information content (AvgIpc) is 2.38. The lowest BCUT2D eigenvalue weighted by molar-refractivity contribution is 0.0727. The molecule has 1 fully saturated rings. The summed E-state index contributed by atoms with van der Waals surface area (Å²) in [4.78, 5) is 17.6. The molecule has 1 aromatic heterocycles. The first kappa shape index (κ1) is 14.2. The van der Waals surface area contributed by atoms with Gasteiger partial charge in [-0.25, -0.2) is 13.6 Å². The normalized spacial score (nSPS) is 20.3. The van der Waals surface area contributed by atoms with E-state index in [9.17, 15) is 13.2 Å². The van der Waals surface area contributed by atoms with Crippen LogP contribution < -0.4 is 5.14 Å². The summed E-state index contributed by atoms with van der Waals surface area (Å²) in [7, 11) is -3.62. The van der Waals surface area contributed by atoms with E-state index in [0.29, 0.717) is 24.9 Å². The van der Waals surface area contributed by atoms with E-state index in [1.165, 1.54) is 23.4 Å². The SMILES string of the molecule is NS(=O)(=O)C1CCCN(C(=O)c2ccncc2Cl)C1. The molecule has 19 heavy (non-hydrogen) atoms. The number of sulfonamides is 1. The van der Waals surface area contributed by atoms with Gasteiger partial charge in [-0.05, 0) is 18.9 Å². The smallest absolute Gasteiger partial charge is 0.255 e. The van der Waals surface area contributed by atoms with Gasteiger partial charge in [0.25, 0.3) is 5.91 Å². The number of pyridine rings is 1. The second kappa shape index (κ2) is 5.44. The molecule has 2 N–H and O–H groups in total. The van der Waals surface area contributed by atoms with Crippen molar-refractivity contribution in [3.05, 3.63) is 29.0 Å². The second-order valence-electron chi connectivity index (χ2n) is 4.46. The van der Waals surface area contributed by atoms with Gasteiger partial charge in [0.2, 0.25) is 10.0 Å². The molecular weight excluding hydrogens is 290 g/mol. The van der Waals surface area contributed by atoms with Crippen LogP contribution in [-0.2, 0) is 10.0 Å². The Hall–Kier alpha value is -1.18. The summed E-state index contributed by atoms with van der Waals surface area (Å²) in [5.41, 5.74) is 0.326. The third-order valence-electron chi connectivity index (χ3n) is 3.13. The quantitative estimate of drug-likeness (QED) is 0.867. The molecule has 1 aliphatic rings. The molecule has 8 heteroatoms. The van der Waals surface area contributed by atoms with Crippen molar-refractivity contribution in [1.82, 2.24) is 9.88 Å². The Kier molecular flexibility index (Phi) is 4.07. The van der Waals surface area contributed by atoms with Gasteiger partial charge in [0.15, 0.2) is 0 Å². The molecule has 0 radical (unpaired) electrons. The van der Waals surface area contributed by atoms with Crippen LogP contribution in [0.25, 0.3) is 0 Å². The van der Waals surface area contributed by atoms with Crippen molar-refractivity contribution in [3.63, 3.8) is 0 Å². The van der Waals surface area contributed by atoms with Gasteiger partial charge < -0.3 is 4.90 Å². The van der Waals surface area contributed by atoms with E-state index in [2.05, 4.69) is 4.98 Å². The molecule has 2 rings (SSSR count). The summed E-state index contributed by atoms with van der Waals surface area (Å²) in [5.74, 6) is -0.291. The van der Waals surface area contributed by atoms with Crippen molar-refractivity contribution >= 4 is 27.5 Å². The number of halogens is 1. The van der Waals surface area contributed by atoms with E-state index in [4.69, 9.17) is 16.7 Å². The molecule has 0 bridgehead atoms. The molecule has 1 amide bonds. The van der Waals surface area contributed by atoms with Crippen molar-refractivity contribution in [2.24, 2.45) is 5.14 Å². The fraction of sp³-hybridized carbons (Fsp3) is 0.455. The maximum absolute atomic E-state index is 12.3. The fourth-order valence-electron chi connectivity index (χ4n) is 2.11. The van der Waals surface area contributed by atoms with Crippen LogP contribution in [0.2, 0.25) is 5.02 Å². The summed E-state index contributed by atoms with van der Waals surface area (Å²) < 4.78 is 22.7. The average molecular weight is 304 g/mol. The molecule has 0 saturated carbocycles. The van der Waals surface area contributed by atoms with Crippen LogP contribution in [-0.4, -0.2) is 42.5 Å². The number of likely N-dealkylation sites (tertiary alicyclic amines) is 1. The van der Waals surface area contributed by atoms with Gasteiger partial charge in [0.1, 0.15) is 0 Å². The Balaban J connectivity index is 2.19. The third kappa shape index (κ3) is 3.23. The minimum atomic E-state index is -3.62. The highest BCUT2D eigenvalue weighted by atomic mass is 35.5. The van der Waals surface area contributed by atoms with Crippen LogP contribution in [0.15, 0.2) is 18.5 Å². The highest BCUT2D eigenvalue weighted by molar-refractivity contribution is 7.89. The maximum Gasteiger partial charge on any atom is 0.255 e. The number of primary sulfonamides is 1. The minimum absolute atomic E-state index is 0.107. The van der Waals surface area contributed by atoms with E-state index in [1.807, 2.05) is 0 Å². The number of hydrogen-bond donors (Lipinski definition) is 1. The zero-order valence-electron chi connectivity index (χ0n) is 10.1. The Morgan fingerprint density at radius 3 is 2.89 bits per heavy atom. The number of carbonyl (C=O) groups is 1. The van der Waals surface area contributed by atoms with Crippen LogP contribution in [0.1, 0.15) is 23.2 Å². The van der Waals surface area contributed by atoms with Gasteiger partial charge in [0.05, 0.1) is 15.8 Å². The molecule has 1 atom stereocenters. The van der Waals surface area contributed by atoms with Crippen LogP contribution >= 0.6 is 11.6 Å². The van der Waals surface area contributed by atoms with Crippen molar-refractivity contribution in [3.8, 4) is 0 Å². The first-order valence-corrected chi connectivity index (χ1v) is 7.78. The van der Waals surface area contributed by atoms with Crippen molar-refractivity contribution in [2.75, 3.05) is 13.1 Å². The fourth-order valence-corrected chi connectivity index (χ4v) is 3.19. The third-order valence-corrected chi connectivity index (χ3v) is 4.75. The molecule has 2 heterocycles. The number of nitrogens with two attached hydrogens (primary N) is 1. The van der Waals surface area contributed by atoms with E-state index in [-0.39, 0.29) is 17.5 Å². The molecule has 6 nitrogen and oxygen atoms in total. The maximum atomic E-state index is 12.3. The number of hydrogen-bond acceptors (Lipinski definition) is 4. The Labute approximate surface area is 116 Å². The number of piperidine rings is 1. The predicted octanol–water partition coefficient (Wildman–Crippen LogP) is 0.628. The molecule has 1 aromatic rings. The first-order chi connectivity index (χ1) is 8.89. The zero-order valence-corrected chi connectivity index (χ0v) is 11.7. The molecule has 0 spiro atoms. The number of aromatic nitrogens is 1. The van der Waals surface area contributed by atoms with Crippen molar-refractivity contribution in [2.45, 2.75) is 18.1 Å². The lowest BCUT2D eigenvalue weighted by Crippen LogP contribution is -2.47. The zero-order chi connectivity index (χ0) is 14.0. The van der Waals surface area contributed by atoms with Crippen LogP contribution in [0.5, 0.6) is 0 Å². The molecule has 0 aromatic carbocycles. The molecule has 1 aliphatic heterocycles. The van der Waals surface area contributed by atoms with E-state index in [1.54, 1.807) is 0 Å². The molecule has 1 saturated heterocycles. The largest absolute Gasteiger partial charge is 0.337 e. The summed E-state index contributed by atoms with van der Waals surface area (Å²) in [6.45, 7) is 0.611. The summed E-state index contributed by atoms with van der Waals surface area (Å²) in [6.07, 6.45) is 3.94. The van der Waals surface area contributed by atoms with Gasteiger partial charge in [-0.15, -0.1) is 0 Å². The molecule has 104 valence electrons. The molecule has 1 unspecified atom stereocenters. The Bertz CT molecular complexity index is 591.